The first-order valence-corrected chi connectivity index (χ1v) is 14.8. The minimum absolute atomic E-state index is 0.0199. The van der Waals surface area contributed by atoms with Crippen LogP contribution in [0.5, 0.6) is 0 Å². The summed E-state index contributed by atoms with van der Waals surface area (Å²) in [6.45, 7) is 0. The quantitative estimate of drug-likeness (QED) is 0.152. The number of aromatic nitrogens is 4. The minimum Gasteiger partial charge on any atom is -0.325 e. The molecule has 0 aliphatic rings. The Balaban J connectivity index is 1.15. The second kappa shape index (κ2) is 12.1. The second-order valence-electron chi connectivity index (χ2n) is 8.34. The van der Waals surface area contributed by atoms with Crippen LogP contribution in [0.25, 0.3) is 10.2 Å². The molecule has 0 unspecified atom stereocenters. The molecule has 0 aliphatic heterocycles. The molecule has 2 aromatic heterocycles. The number of nitrogens with zero attached hydrogens (tertiary/aromatic N) is 4. The van der Waals surface area contributed by atoms with Crippen LogP contribution >= 0.6 is 46.5 Å². The van der Waals surface area contributed by atoms with Crippen LogP contribution < -0.4 is 5.32 Å². The highest BCUT2D eigenvalue weighted by atomic mass is 35.5. The van der Waals surface area contributed by atoms with Crippen LogP contribution in [0.2, 0.25) is 5.02 Å². The molecule has 38 heavy (non-hydrogen) atoms. The first-order chi connectivity index (χ1) is 18.4. The van der Waals surface area contributed by atoms with Crippen LogP contribution in [0.3, 0.4) is 0 Å². The molecule has 5 aromatic rings. The molecule has 7 nitrogen and oxygen atoms in total. The van der Waals surface area contributed by atoms with E-state index >= 15 is 0 Å². The molecular weight excluding hydrogens is 558 g/mol. The lowest BCUT2D eigenvalue weighted by molar-refractivity contribution is -0.113. The molecule has 5 rings (SSSR count). The number of anilines is 1. The molecule has 0 atom stereocenters. The number of fused-ring (bicyclic) bond motifs is 1. The summed E-state index contributed by atoms with van der Waals surface area (Å²) in [7, 11) is 1.91. The zero-order valence-electron chi connectivity index (χ0n) is 20.3. The highest BCUT2D eigenvalue weighted by Crippen LogP contribution is 2.32. The standard InChI is InChI=1S/C27H22ClN5O2S3/c1-33-24(13-17-5-3-2-4-6-17)31-32-26(33)36-16-25(35)29-20-11-12-21-23(14-20)38-27(30-21)37-15-22(34)18-7-9-19(28)10-8-18/h2-12,14H,13,15-16H2,1H3,(H,29,35). The predicted molar refractivity (Wildman–Crippen MR) is 156 cm³/mol. The smallest absolute Gasteiger partial charge is 0.234 e. The average molecular weight is 580 g/mol. The summed E-state index contributed by atoms with van der Waals surface area (Å²) in [6.07, 6.45) is 0.682. The van der Waals surface area contributed by atoms with Gasteiger partial charge in [0.05, 0.1) is 21.7 Å². The van der Waals surface area contributed by atoms with Gasteiger partial charge in [-0.2, -0.15) is 0 Å². The number of rotatable bonds is 10. The number of thiazole rings is 1. The fourth-order valence-corrected chi connectivity index (χ4v) is 6.48. The Bertz CT molecular complexity index is 1590. The zero-order chi connectivity index (χ0) is 26.5. The molecule has 0 aliphatic carbocycles. The van der Waals surface area contributed by atoms with Crippen molar-refractivity contribution < 1.29 is 9.59 Å². The highest BCUT2D eigenvalue weighted by Gasteiger charge is 2.14. The van der Waals surface area contributed by atoms with E-state index in [-0.39, 0.29) is 23.2 Å². The number of carbonyl (C=O) groups excluding carboxylic acids is 2. The van der Waals surface area contributed by atoms with Gasteiger partial charge in [0.15, 0.2) is 15.3 Å². The normalized spacial score (nSPS) is 11.1. The molecule has 0 radical (unpaired) electrons. The van der Waals surface area contributed by atoms with E-state index < -0.39 is 0 Å². The van der Waals surface area contributed by atoms with Crippen LogP contribution in [0.15, 0.2) is 82.3 Å². The molecule has 0 saturated carbocycles. The Labute approximate surface area is 237 Å². The summed E-state index contributed by atoms with van der Waals surface area (Å²) >= 11 is 10.1. The molecule has 2 heterocycles. The number of carbonyl (C=O) groups is 2. The number of thioether (sulfide) groups is 2. The third-order valence-electron chi connectivity index (χ3n) is 5.61. The maximum absolute atomic E-state index is 12.6. The van der Waals surface area contributed by atoms with Crippen molar-refractivity contribution in [3.63, 3.8) is 0 Å². The number of hydrogen-bond acceptors (Lipinski definition) is 8. The molecule has 3 aromatic carbocycles. The molecule has 0 spiro atoms. The highest BCUT2D eigenvalue weighted by molar-refractivity contribution is 8.01. The van der Waals surface area contributed by atoms with Crippen LogP contribution in [-0.2, 0) is 18.3 Å². The number of nitrogens with one attached hydrogen (secondary N) is 1. The van der Waals surface area contributed by atoms with Crippen molar-refractivity contribution >= 4 is 74.1 Å². The number of Topliss-reactive ketones (excluding diaryl/α,β-unsaturated/α-hetero) is 1. The fraction of sp³-hybridized carbons (Fsp3) is 0.148. The Morgan fingerprint density at radius 2 is 1.76 bits per heavy atom. The van der Waals surface area contributed by atoms with Crippen LogP contribution in [0, 0.1) is 0 Å². The average Bonchev–Trinajstić information content (AvgIpc) is 3.49. The van der Waals surface area contributed by atoms with E-state index in [1.54, 1.807) is 24.3 Å². The second-order valence-corrected chi connectivity index (χ2v) is 12.0. The van der Waals surface area contributed by atoms with Gasteiger partial charge in [-0.1, -0.05) is 65.5 Å². The Morgan fingerprint density at radius 1 is 0.974 bits per heavy atom. The first kappa shape index (κ1) is 26.4. The third kappa shape index (κ3) is 6.63. The fourth-order valence-electron chi connectivity index (χ4n) is 3.62. The van der Waals surface area contributed by atoms with Gasteiger partial charge in [-0.3, -0.25) is 9.59 Å². The maximum Gasteiger partial charge on any atom is 0.234 e. The third-order valence-corrected chi connectivity index (χ3v) is 9.04. The van der Waals surface area contributed by atoms with Gasteiger partial charge < -0.3 is 9.88 Å². The summed E-state index contributed by atoms with van der Waals surface area (Å²) < 4.78 is 3.66. The lowest BCUT2D eigenvalue weighted by Gasteiger charge is -2.06. The van der Waals surface area contributed by atoms with Gasteiger partial charge in [0.1, 0.15) is 5.82 Å². The lowest BCUT2D eigenvalue weighted by Crippen LogP contribution is -2.14. The van der Waals surface area contributed by atoms with Gasteiger partial charge in [-0.15, -0.1) is 21.5 Å². The summed E-state index contributed by atoms with van der Waals surface area (Å²) in [4.78, 5) is 29.7. The van der Waals surface area contributed by atoms with Gasteiger partial charge in [0.25, 0.3) is 0 Å². The summed E-state index contributed by atoms with van der Waals surface area (Å²) in [6, 6.07) is 22.6. The molecule has 0 fully saturated rings. The topological polar surface area (TPSA) is 89.8 Å². The van der Waals surface area contributed by atoms with Crippen molar-refractivity contribution in [2.45, 2.75) is 15.9 Å². The van der Waals surface area contributed by atoms with Gasteiger partial charge in [0, 0.05) is 29.7 Å². The lowest BCUT2D eigenvalue weighted by atomic mass is 10.1. The molecule has 0 saturated heterocycles. The maximum atomic E-state index is 12.6. The predicted octanol–water partition coefficient (Wildman–Crippen LogP) is 6.37. The van der Waals surface area contributed by atoms with Crippen molar-refractivity contribution in [2.24, 2.45) is 7.05 Å². The van der Waals surface area contributed by atoms with E-state index in [2.05, 4.69) is 32.6 Å². The van der Waals surface area contributed by atoms with E-state index in [0.717, 1.165) is 25.9 Å². The minimum atomic E-state index is -0.130. The van der Waals surface area contributed by atoms with Gasteiger partial charge in [-0.05, 0) is 48.0 Å². The number of halogens is 1. The number of hydrogen-bond donors (Lipinski definition) is 1. The van der Waals surface area contributed by atoms with Crippen molar-refractivity contribution in [3.8, 4) is 0 Å². The largest absolute Gasteiger partial charge is 0.325 e. The molecular formula is C27H22ClN5O2S3. The molecule has 192 valence electrons. The molecule has 0 bridgehead atoms. The van der Waals surface area contributed by atoms with Crippen LogP contribution in [0.4, 0.5) is 5.69 Å². The van der Waals surface area contributed by atoms with Crippen molar-refractivity contribution in [1.29, 1.82) is 0 Å². The Hall–Kier alpha value is -3.18. The van der Waals surface area contributed by atoms with Crippen LogP contribution in [0.1, 0.15) is 21.7 Å². The van der Waals surface area contributed by atoms with E-state index in [0.29, 0.717) is 27.9 Å². The number of amides is 1. The van der Waals surface area contributed by atoms with E-state index in [1.165, 1.54) is 34.9 Å². The zero-order valence-corrected chi connectivity index (χ0v) is 23.5. The Kier molecular flexibility index (Phi) is 8.43. The van der Waals surface area contributed by atoms with Gasteiger partial charge in [0.2, 0.25) is 5.91 Å². The molecule has 11 heteroatoms. The van der Waals surface area contributed by atoms with E-state index in [1.807, 2.05) is 48.0 Å². The SMILES string of the molecule is Cn1c(Cc2ccccc2)nnc1SCC(=O)Nc1ccc2nc(SCC(=O)c3ccc(Cl)cc3)sc2c1. The Morgan fingerprint density at radius 3 is 2.55 bits per heavy atom. The van der Waals surface area contributed by atoms with E-state index in [9.17, 15) is 9.59 Å². The van der Waals surface area contributed by atoms with Crippen LogP contribution in [-0.4, -0.2) is 42.9 Å². The van der Waals surface area contributed by atoms with Gasteiger partial charge in [-0.25, -0.2) is 4.98 Å². The van der Waals surface area contributed by atoms with Crippen molar-refractivity contribution in [3.05, 3.63) is 94.8 Å². The summed E-state index contributed by atoms with van der Waals surface area (Å²) in [5.74, 6) is 1.24. The summed E-state index contributed by atoms with van der Waals surface area (Å²) in [5.41, 5.74) is 3.31. The number of benzene rings is 3. The van der Waals surface area contributed by atoms with E-state index in [4.69, 9.17) is 11.6 Å². The van der Waals surface area contributed by atoms with Gasteiger partial charge >= 0.3 is 0 Å². The summed E-state index contributed by atoms with van der Waals surface area (Å²) in [5, 5.41) is 12.8. The van der Waals surface area contributed by atoms with Crippen molar-refractivity contribution in [1.82, 2.24) is 19.7 Å². The molecule has 1 amide bonds. The first-order valence-electron chi connectivity index (χ1n) is 11.6. The monoisotopic (exact) mass is 579 g/mol. The van der Waals surface area contributed by atoms with Crippen molar-refractivity contribution in [2.75, 3.05) is 16.8 Å². The number of ketones is 1. The molecule has 1 N–H and O–H groups in total.